The quantitative estimate of drug-likeness (QED) is 0.508. The number of anilines is 1. The third-order valence-electron chi connectivity index (χ3n) is 7.02. The number of primary amides is 1. The molecule has 0 saturated heterocycles. The molecule has 10 heteroatoms. The summed E-state index contributed by atoms with van der Waals surface area (Å²) >= 11 is 0.849. The molecule has 2 saturated carbocycles. The summed E-state index contributed by atoms with van der Waals surface area (Å²) in [5, 5.41) is 3.19. The molecular weight excluding hydrogens is 466 g/mol. The van der Waals surface area contributed by atoms with Gasteiger partial charge in [0, 0.05) is 12.1 Å². The van der Waals surface area contributed by atoms with Gasteiger partial charge in [-0.3, -0.25) is 14.4 Å². The minimum Gasteiger partial charge on any atom is -0.497 e. The van der Waals surface area contributed by atoms with Gasteiger partial charge in [0.2, 0.25) is 5.91 Å². The second kappa shape index (κ2) is 11.1. The lowest BCUT2D eigenvalue weighted by molar-refractivity contribution is -0.127. The molecule has 2 aromatic rings. The van der Waals surface area contributed by atoms with Crippen LogP contribution in [0.1, 0.15) is 89.6 Å². The third-order valence-corrected chi connectivity index (χ3v) is 7.87. The molecule has 1 aromatic heterocycles. The molecule has 188 valence electrons. The number of carbonyl (C=O) groups excluding carboxylic acids is 3. The number of nitrogen functional groups attached to an aromatic ring is 1. The zero-order chi connectivity index (χ0) is 24.9. The number of carbonyl (C=O) groups is 3. The van der Waals surface area contributed by atoms with E-state index in [1.54, 1.807) is 24.1 Å². The van der Waals surface area contributed by atoms with Gasteiger partial charge in [-0.05, 0) is 54.9 Å². The highest BCUT2D eigenvalue weighted by molar-refractivity contribution is 7.09. The van der Waals surface area contributed by atoms with Crippen LogP contribution in [0.4, 0.5) is 5.69 Å². The summed E-state index contributed by atoms with van der Waals surface area (Å²) in [7, 11) is 1.58. The van der Waals surface area contributed by atoms with Crippen molar-refractivity contribution >= 4 is 34.9 Å². The van der Waals surface area contributed by atoms with Crippen LogP contribution in [0, 0.1) is 0 Å². The summed E-state index contributed by atoms with van der Waals surface area (Å²) in [6.45, 7) is 0. The van der Waals surface area contributed by atoms with Crippen LogP contribution in [0.25, 0.3) is 0 Å². The minimum absolute atomic E-state index is 0.0296. The van der Waals surface area contributed by atoms with Crippen molar-refractivity contribution in [1.29, 1.82) is 0 Å². The van der Waals surface area contributed by atoms with Crippen LogP contribution >= 0.6 is 11.5 Å². The number of ether oxygens (including phenoxy) is 1. The minimum atomic E-state index is -0.851. The van der Waals surface area contributed by atoms with E-state index in [0.717, 1.165) is 69.3 Å². The number of rotatable bonds is 8. The van der Waals surface area contributed by atoms with E-state index in [1.807, 2.05) is 12.1 Å². The van der Waals surface area contributed by atoms with Gasteiger partial charge in [-0.1, -0.05) is 44.2 Å². The van der Waals surface area contributed by atoms with Crippen LogP contribution in [0.2, 0.25) is 0 Å². The number of amides is 3. The fourth-order valence-corrected chi connectivity index (χ4v) is 5.92. The molecule has 2 fully saturated rings. The van der Waals surface area contributed by atoms with E-state index in [9.17, 15) is 14.4 Å². The zero-order valence-corrected chi connectivity index (χ0v) is 20.8. The molecular formula is C25H33N5O4S. The summed E-state index contributed by atoms with van der Waals surface area (Å²) in [4.78, 5) is 41.4. The summed E-state index contributed by atoms with van der Waals surface area (Å²) in [6, 6.07) is 6.34. The van der Waals surface area contributed by atoms with E-state index in [0.29, 0.717) is 11.3 Å². The Morgan fingerprint density at radius 3 is 2.26 bits per heavy atom. The molecule has 0 aliphatic heterocycles. The van der Waals surface area contributed by atoms with Crippen molar-refractivity contribution in [3.63, 3.8) is 0 Å². The Kier molecular flexibility index (Phi) is 7.90. The molecule has 35 heavy (non-hydrogen) atoms. The second-order valence-electron chi connectivity index (χ2n) is 9.31. The van der Waals surface area contributed by atoms with E-state index >= 15 is 0 Å². The number of nitrogens with one attached hydrogen (secondary N) is 1. The molecule has 4 rings (SSSR count). The van der Waals surface area contributed by atoms with Crippen LogP contribution in [-0.2, 0) is 4.79 Å². The molecule has 0 spiro atoms. The predicted molar refractivity (Wildman–Crippen MR) is 134 cm³/mol. The van der Waals surface area contributed by atoms with Crippen molar-refractivity contribution in [1.82, 2.24) is 14.6 Å². The van der Waals surface area contributed by atoms with E-state index in [-0.39, 0.29) is 34.2 Å². The Balaban J connectivity index is 1.77. The van der Waals surface area contributed by atoms with E-state index in [4.69, 9.17) is 16.2 Å². The number of nitrogens with zero attached hydrogens (tertiary/aromatic N) is 2. The van der Waals surface area contributed by atoms with Crippen LogP contribution in [0.3, 0.4) is 0 Å². The van der Waals surface area contributed by atoms with Crippen LogP contribution in [-0.4, -0.2) is 46.2 Å². The van der Waals surface area contributed by atoms with Crippen LogP contribution in [0.5, 0.6) is 5.75 Å². The van der Waals surface area contributed by atoms with Crippen molar-refractivity contribution in [2.45, 2.75) is 75.9 Å². The summed E-state index contributed by atoms with van der Waals surface area (Å²) in [5.41, 5.74) is 12.1. The van der Waals surface area contributed by atoms with E-state index < -0.39 is 17.9 Å². The van der Waals surface area contributed by atoms with E-state index in [1.165, 1.54) is 0 Å². The Labute approximate surface area is 209 Å². The fourth-order valence-electron chi connectivity index (χ4n) is 5.17. The molecule has 0 bridgehead atoms. The highest BCUT2D eigenvalue weighted by Crippen LogP contribution is 2.35. The van der Waals surface area contributed by atoms with Crippen molar-refractivity contribution in [2.24, 2.45) is 5.73 Å². The third kappa shape index (κ3) is 5.42. The van der Waals surface area contributed by atoms with Gasteiger partial charge in [-0.25, -0.2) is 0 Å². The maximum Gasteiger partial charge on any atom is 0.270 e. The Morgan fingerprint density at radius 2 is 1.69 bits per heavy atom. The lowest BCUT2D eigenvalue weighted by Gasteiger charge is -2.39. The highest BCUT2D eigenvalue weighted by atomic mass is 32.1. The standard InChI is InChI=1S/C25H33N5O4S/c1-34-18-13-11-15(12-14-18)21(24(32)28-16-7-5-6-8-16)30(17-9-3-2-4-10-17)25(33)22-19(26)20(23(27)31)29-35-22/h11-14,16-17,21H,2-10,26H2,1H3,(H2,27,31)(H,28,32). The molecule has 1 unspecified atom stereocenters. The molecule has 1 heterocycles. The highest BCUT2D eigenvalue weighted by Gasteiger charge is 2.40. The topological polar surface area (TPSA) is 141 Å². The average Bonchev–Trinajstić information content (AvgIpc) is 3.52. The molecule has 9 nitrogen and oxygen atoms in total. The number of aromatic nitrogens is 1. The summed E-state index contributed by atoms with van der Waals surface area (Å²) in [5.74, 6) is -0.731. The maximum absolute atomic E-state index is 14.0. The Hall–Kier alpha value is -3.14. The smallest absolute Gasteiger partial charge is 0.270 e. The van der Waals surface area contributed by atoms with E-state index in [2.05, 4.69) is 9.69 Å². The summed E-state index contributed by atoms with van der Waals surface area (Å²) < 4.78 is 9.33. The predicted octanol–water partition coefficient (Wildman–Crippen LogP) is 3.41. The van der Waals surface area contributed by atoms with Gasteiger partial charge in [-0.15, -0.1) is 0 Å². The molecule has 5 N–H and O–H groups in total. The monoisotopic (exact) mass is 499 g/mol. The number of hydrogen-bond donors (Lipinski definition) is 3. The van der Waals surface area contributed by atoms with Crippen molar-refractivity contribution in [3.8, 4) is 5.75 Å². The van der Waals surface area contributed by atoms with Gasteiger partial charge in [0.1, 0.15) is 16.7 Å². The van der Waals surface area contributed by atoms with Gasteiger partial charge < -0.3 is 26.4 Å². The zero-order valence-electron chi connectivity index (χ0n) is 20.0. The molecule has 1 aromatic carbocycles. The lowest BCUT2D eigenvalue weighted by atomic mass is 9.91. The number of benzene rings is 1. The van der Waals surface area contributed by atoms with Gasteiger partial charge in [0.05, 0.1) is 12.8 Å². The fraction of sp³-hybridized carbons (Fsp3) is 0.520. The van der Waals surface area contributed by atoms with Gasteiger partial charge >= 0.3 is 0 Å². The van der Waals surface area contributed by atoms with Crippen LogP contribution in [0.15, 0.2) is 24.3 Å². The maximum atomic E-state index is 14.0. The molecule has 1 atom stereocenters. The van der Waals surface area contributed by atoms with Crippen LogP contribution < -0.4 is 21.5 Å². The largest absolute Gasteiger partial charge is 0.497 e. The first-order valence-electron chi connectivity index (χ1n) is 12.2. The SMILES string of the molecule is COc1ccc(C(C(=O)NC2CCCC2)N(C(=O)c2snc(C(N)=O)c2N)C2CCCCC2)cc1. The molecule has 2 aliphatic rings. The van der Waals surface area contributed by atoms with Gasteiger partial charge in [-0.2, -0.15) is 4.37 Å². The van der Waals surface area contributed by atoms with Gasteiger partial charge in [0.25, 0.3) is 11.8 Å². The van der Waals surface area contributed by atoms with Crippen molar-refractivity contribution in [3.05, 3.63) is 40.4 Å². The first kappa shape index (κ1) is 25.0. The molecule has 3 amide bonds. The van der Waals surface area contributed by atoms with Crippen molar-refractivity contribution in [2.75, 3.05) is 12.8 Å². The van der Waals surface area contributed by atoms with Crippen molar-refractivity contribution < 1.29 is 19.1 Å². The number of nitrogens with two attached hydrogens (primary N) is 2. The second-order valence-corrected chi connectivity index (χ2v) is 10.1. The Morgan fingerprint density at radius 1 is 1.06 bits per heavy atom. The molecule has 2 aliphatic carbocycles. The normalized spacial score (nSPS) is 17.6. The average molecular weight is 500 g/mol. The first-order valence-corrected chi connectivity index (χ1v) is 13.0. The number of methoxy groups -OCH3 is 1. The first-order chi connectivity index (χ1) is 16.9. The summed E-state index contributed by atoms with van der Waals surface area (Å²) in [6.07, 6.45) is 8.64. The Bertz CT molecular complexity index is 1060. The van der Waals surface area contributed by atoms with Gasteiger partial charge in [0.15, 0.2) is 5.69 Å². The lowest BCUT2D eigenvalue weighted by Crippen LogP contribution is -2.50. The number of hydrogen-bond acceptors (Lipinski definition) is 7. The molecule has 0 radical (unpaired) electrons.